The number of carbonyl (C=O) groups excluding carboxylic acids is 1. The number of aromatic nitrogens is 1. The van der Waals surface area contributed by atoms with Gasteiger partial charge in [-0.05, 0) is 67.8 Å². The smallest absolute Gasteiger partial charge is 0.262 e. The van der Waals surface area contributed by atoms with Crippen LogP contribution in [0, 0.1) is 20.8 Å². The highest BCUT2D eigenvalue weighted by Gasteiger charge is 2.10. The summed E-state index contributed by atoms with van der Waals surface area (Å²) < 4.78 is 5.75. The van der Waals surface area contributed by atoms with Crippen LogP contribution in [-0.2, 0) is 4.79 Å². The Bertz CT molecular complexity index is 1250. The fourth-order valence-electron chi connectivity index (χ4n) is 3.35. The third-order valence-electron chi connectivity index (χ3n) is 5.18. The molecule has 162 valence electrons. The lowest BCUT2D eigenvalue weighted by Crippen LogP contribution is -2.20. The highest BCUT2D eigenvalue weighted by atomic mass is 35.5. The molecule has 6 heteroatoms. The average molecular weight is 463 g/mol. The molecule has 0 saturated heterocycles. The summed E-state index contributed by atoms with van der Waals surface area (Å²) in [6.45, 7) is 6.01. The van der Waals surface area contributed by atoms with Gasteiger partial charge in [0.05, 0.1) is 5.69 Å². The Labute approximate surface area is 196 Å². The van der Waals surface area contributed by atoms with Crippen LogP contribution in [-0.4, -0.2) is 17.5 Å². The Kier molecular flexibility index (Phi) is 6.58. The molecule has 0 fully saturated rings. The van der Waals surface area contributed by atoms with Gasteiger partial charge in [0, 0.05) is 27.2 Å². The molecule has 0 atom stereocenters. The minimum atomic E-state index is -0.199. The van der Waals surface area contributed by atoms with Crippen molar-refractivity contribution in [1.82, 2.24) is 4.98 Å². The number of nitrogens with one attached hydrogen (secondary N) is 1. The van der Waals surface area contributed by atoms with Crippen molar-refractivity contribution in [3.05, 3.63) is 87.8 Å². The zero-order chi connectivity index (χ0) is 22.7. The van der Waals surface area contributed by atoms with Gasteiger partial charge in [-0.25, -0.2) is 4.98 Å². The van der Waals surface area contributed by atoms with Gasteiger partial charge in [0.1, 0.15) is 10.8 Å². The summed E-state index contributed by atoms with van der Waals surface area (Å²) in [5, 5.41) is 6.55. The maximum Gasteiger partial charge on any atom is 0.262 e. The number of anilines is 1. The van der Waals surface area contributed by atoms with Crippen LogP contribution in [0.1, 0.15) is 16.7 Å². The number of hydrogen-bond acceptors (Lipinski definition) is 4. The number of ether oxygens (including phenoxy) is 1. The summed E-state index contributed by atoms with van der Waals surface area (Å²) >= 11 is 7.55. The number of rotatable bonds is 6. The fraction of sp³-hybridized carbons (Fsp3) is 0.154. The second-order valence-electron chi connectivity index (χ2n) is 7.66. The van der Waals surface area contributed by atoms with E-state index in [0.717, 1.165) is 44.3 Å². The van der Waals surface area contributed by atoms with E-state index in [1.54, 1.807) is 11.3 Å². The molecule has 0 saturated carbocycles. The lowest BCUT2D eigenvalue weighted by Gasteiger charge is -2.12. The Morgan fingerprint density at radius 1 is 1.00 bits per heavy atom. The number of nitrogens with zero attached hydrogens (tertiary/aromatic N) is 1. The Morgan fingerprint density at radius 3 is 2.41 bits per heavy atom. The first-order valence-corrected chi connectivity index (χ1v) is 11.5. The number of halogens is 1. The first-order chi connectivity index (χ1) is 15.4. The monoisotopic (exact) mass is 462 g/mol. The third kappa shape index (κ3) is 5.18. The van der Waals surface area contributed by atoms with E-state index in [4.69, 9.17) is 21.3 Å². The van der Waals surface area contributed by atoms with E-state index in [2.05, 4.69) is 11.4 Å². The minimum absolute atomic E-state index is 0.0397. The van der Waals surface area contributed by atoms with Gasteiger partial charge in [-0.2, -0.15) is 0 Å². The lowest BCUT2D eigenvalue weighted by molar-refractivity contribution is -0.118. The van der Waals surface area contributed by atoms with Crippen molar-refractivity contribution in [2.75, 3.05) is 11.9 Å². The normalized spacial score (nSPS) is 10.8. The molecule has 4 aromatic rings. The zero-order valence-corrected chi connectivity index (χ0v) is 19.7. The van der Waals surface area contributed by atoms with E-state index in [-0.39, 0.29) is 12.5 Å². The van der Waals surface area contributed by atoms with Crippen molar-refractivity contribution >= 4 is 34.5 Å². The van der Waals surface area contributed by atoms with Crippen LogP contribution in [0.2, 0.25) is 5.02 Å². The van der Waals surface area contributed by atoms with Crippen molar-refractivity contribution < 1.29 is 9.53 Å². The molecule has 1 amide bonds. The van der Waals surface area contributed by atoms with Crippen molar-refractivity contribution in [3.63, 3.8) is 0 Å². The Balaban J connectivity index is 1.38. The molecule has 32 heavy (non-hydrogen) atoms. The topological polar surface area (TPSA) is 51.2 Å². The molecule has 0 aliphatic rings. The van der Waals surface area contributed by atoms with Crippen molar-refractivity contribution in [1.29, 1.82) is 0 Å². The SMILES string of the molecule is Cc1cc(C)c(C)c(OCC(=O)Nc2ccc(-c3csc(-c4ccc(Cl)cc4)n3)cc2)c1. The average Bonchev–Trinajstić information content (AvgIpc) is 3.26. The summed E-state index contributed by atoms with van der Waals surface area (Å²) in [5.41, 5.74) is 6.95. The largest absolute Gasteiger partial charge is 0.483 e. The molecule has 0 unspecified atom stereocenters. The lowest BCUT2D eigenvalue weighted by atomic mass is 10.1. The maximum absolute atomic E-state index is 12.3. The molecule has 4 nitrogen and oxygen atoms in total. The van der Waals surface area contributed by atoms with Crippen molar-refractivity contribution in [3.8, 4) is 27.6 Å². The number of carbonyl (C=O) groups is 1. The predicted octanol–water partition coefficient (Wildman–Crippen LogP) is 7.07. The maximum atomic E-state index is 12.3. The van der Waals surface area contributed by atoms with Crippen LogP contribution < -0.4 is 10.1 Å². The second-order valence-corrected chi connectivity index (χ2v) is 8.96. The van der Waals surface area contributed by atoms with Gasteiger partial charge in [-0.15, -0.1) is 11.3 Å². The van der Waals surface area contributed by atoms with Crippen molar-refractivity contribution in [2.24, 2.45) is 0 Å². The Morgan fingerprint density at radius 2 is 1.69 bits per heavy atom. The van der Waals surface area contributed by atoms with E-state index >= 15 is 0 Å². The van der Waals surface area contributed by atoms with E-state index < -0.39 is 0 Å². The van der Waals surface area contributed by atoms with E-state index in [0.29, 0.717) is 10.7 Å². The molecule has 1 N–H and O–H groups in total. The van der Waals surface area contributed by atoms with E-state index in [1.165, 1.54) is 0 Å². The number of hydrogen-bond donors (Lipinski definition) is 1. The predicted molar refractivity (Wildman–Crippen MR) is 133 cm³/mol. The highest BCUT2D eigenvalue weighted by molar-refractivity contribution is 7.13. The van der Waals surface area contributed by atoms with Gasteiger partial charge in [-0.3, -0.25) is 4.79 Å². The third-order valence-corrected chi connectivity index (χ3v) is 6.33. The van der Waals surface area contributed by atoms with Gasteiger partial charge < -0.3 is 10.1 Å². The highest BCUT2D eigenvalue weighted by Crippen LogP contribution is 2.30. The molecule has 1 aromatic heterocycles. The van der Waals surface area contributed by atoms with Gasteiger partial charge in [-0.1, -0.05) is 41.9 Å². The molecule has 0 aliphatic heterocycles. The molecule has 0 aliphatic carbocycles. The summed E-state index contributed by atoms with van der Waals surface area (Å²) in [4.78, 5) is 17.1. The van der Waals surface area contributed by atoms with Crippen LogP contribution in [0.3, 0.4) is 0 Å². The number of benzene rings is 3. The molecule has 4 rings (SSSR count). The molecule has 3 aromatic carbocycles. The summed E-state index contributed by atoms with van der Waals surface area (Å²) in [6.07, 6.45) is 0. The van der Waals surface area contributed by atoms with Crippen molar-refractivity contribution in [2.45, 2.75) is 20.8 Å². The molecular weight excluding hydrogens is 440 g/mol. The van der Waals surface area contributed by atoms with Gasteiger partial charge in [0.2, 0.25) is 0 Å². The molecule has 0 spiro atoms. The number of thiazole rings is 1. The summed E-state index contributed by atoms with van der Waals surface area (Å²) in [7, 11) is 0. The number of aryl methyl sites for hydroxylation is 2. The Hall–Kier alpha value is -3.15. The molecule has 0 radical (unpaired) electrons. The second kappa shape index (κ2) is 9.55. The summed E-state index contributed by atoms with van der Waals surface area (Å²) in [6, 6.07) is 19.3. The molecule has 1 heterocycles. The zero-order valence-electron chi connectivity index (χ0n) is 18.1. The van der Waals surface area contributed by atoms with Gasteiger partial charge in [0.15, 0.2) is 6.61 Å². The van der Waals surface area contributed by atoms with E-state index in [1.807, 2.05) is 80.7 Å². The minimum Gasteiger partial charge on any atom is -0.483 e. The van der Waals surface area contributed by atoms with Crippen LogP contribution in [0.25, 0.3) is 21.8 Å². The van der Waals surface area contributed by atoms with Crippen LogP contribution in [0.15, 0.2) is 66.0 Å². The van der Waals surface area contributed by atoms with Crippen LogP contribution >= 0.6 is 22.9 Å². The summed E-state index contributed by atoms with van der Waals surface area (Å²) in [5.74, 6) is 0.544. The first kappa shape index (κ1) is 22.1. The van der Waals surface area contributed by atoms with Gasteiger partial charge in [0.25, 0.3) is 5.91 Å². The van der Waals surface area contributed by atoms with E-state index in [9.17, 15) is 4.79 Å². The molecule has 0 bridgehead atoms. The van der Waals surface area contributed by atoms with Crippen LogP contribution in [0.4, 0.5) is 5.69 Å². The van der Waals surface area contributed by atoms with Gasteiger partial charge >= 0.3 is 0 Å². The first-order valence-electron chi connectivity index (χ1n) is 10.2. The quantitative estimate of drug-likeness (QED) is 0.333. The molecular formula is C26H23ClN2O2S. The number of amides is 1. The standard InChI is InChI=1S/C26H23ClN2O2S/c1-16-12-17(2)18(3)24(13-16)31-14-25(30)28-22-10-6-19(7-11-22)23-15-32-26(29-23)20-4-8-21(27)9-5-20/h4-13,15H,14H2,1-3H3,(H,28,30). The van der Waals surface area contributed by atoms with Crippen LogP contribution in [0.5, 0.6) is 5.75 Å². The fourth-order valence-corrected chi connectivity index (χ4v) is 4.31.